The molecule has 1 N–H and O–H groups in total. The molecule has 1 aromatic heterocycles. The molecule has 0 bridgehead atoms. The zero-order valence-electron chi connectivity index (χ0n) is 9.65. The molecule has 0 saturated carbocycles. The van der Waals surface area contributed by atoms with Gasteiger partial charge in [-0.1, -0.05) is 0 Å². The van der Waals surface area contributed by atoms with Crippen molar-refractivity contribution < 1.29 is 14.3 Å². The highest BCUT2D eigenvalue weighted by Crippen LogP contribution is 2.17. The summed E-state index contributed by atoms with van der Waals surface area (Å²) in [5.74, 6) is 0.176. The van der Waals surface area contributed by atoms with Crippen LogP contribution in [-0.4, -0.2) is 30.8 Å². The van der Waals surface area contributed by atoms with Crippen molar-refractivity contribution in [3.8, 4) is 0 Å². The van der Waals surface area contributed by atoms with Crippen molar-refractivity contribution in [2.45, 2.75) is 19.8 Å². The van der Waals surface area contributed by atoms with Gasteiger partial charge in [0, 0.05) is 23.1 Å². The maximum Gasteiger partial charge on any atom is 0.311 e. The third-order valence-corrected chi connectivity index (χ3v) is 4.07. The zero-order valence-corrected chi connectivity index (χ0v) is 11.3. The van der Waals surface area contributed by atoms with Crippen molar-refractivity contribution in [1.82, 2.24) is 4.98 Å². The number of carbonyl (C=O) groups excluding carboxylic acids is 1. The first-order valence-corrected chi connectivity index (χ1v) is 6.79. The number of aromatic nitrogens is 1. The molecule has 0 aliphatic carbocycles. The van der Waals surface area contributed by atoms with E-state index in [-0.39, 0.29) is 5.97 Å². The Labute approximate surface area is 109 Å². The van der Waals surface area contributed by atoms with Crippen LogP contribution < -0.4 is 0 Å². The Morgan fingerprint density at radius 3 is 3.12 bits per heavy atom. The number of H-pyrrole nitrogens is 1. The molecule has 6 heteroatoms. The second-order valence-electron chi connectivity index (χ2n) is 4.15. The molecule has 0 radical (unpaired) electrons. The molecule has 94 valence electrons. The van der Waals surface area contributed by atoms with Crippen molar-refractivity contribution in [2.24, 2.45) is 5.92 Å². The van der Waals surface area contributed by atoms with E-state index in [1.165, 1.54) is 11.3 Å². The van der Waals surface area contributed by atoms with E-state index < -0.39 is 0 Å². The first kappa shape index (κ1) is 12.7. The number of carbonyl (C=O) groups is 1. The molecule has 0 spiro atoms. The van der Waals surface area contributed by atoms with E-state index in [0.29, 0.717) is 29.5 Å². The first-order valence-electron chi connectivity index (χ1n) is 5.57. The Hall–Kier alpha value is -0.720. The number of hydrogen-bond acceptors (Lipinski definition) is 5. The zero-order chi connectivity index (χ0) is 12.3. The van der Waals surface area contributed by atoms with Gasteiger partial charge in [-0.2, -0.15) is 0 Å². The van der Waals surface area contributed by atoms with E-state index in [4.69, 9.17) is 21.7 Å². The minimum Gasteiger partial charge on any atom is -0.465 e. The second kappa shape index (κ2) is 5.75. The van der Waals surface area contributed by atoms with Crippen LogP contribution in [0.5, 0.6) is 0 Å². The quantitative estimate of drug-likeness (QED) is 0.675. The van der Waals surface area contributed by atoms with Gasteiger partial charge >= 0.3 is 5.97 Å². The highest BCUT2D eigenvalue weighted by atomic mass is 32.1. The summed E-state index contributed by atoms with van der Waals surface area (Å²) in [6.07, 6.45) is 1.28. The SMILES string of the molecule is Cc1[nH]c(=S)sc1CC(=O)OCC1CCOC1. The Morgan fingerprint density at radius 1 is 1.71 bits per heavy atom. The molecular weight excluding hydrogens is 258 g/mol. The maximum atomic E-state index is 11.6. The lowest BCUT2D eigenvalue weighted by Gasteiger charge is -2.08. The van der Waals surface area contributed by atoms with Crippen molar-refractivity contribution in [2.75, 3.05) is 19.8 Å². The first-order chi connectivity index (χ1) is 8.15. The van der Waals surface area contributed by atoms with E-state index in [0.717, 1.165) is 23.6 Å². The standard InChI is InChI=1S/C11H15NO3S2/c1-7-9(17-11(16)12-7)4-10(13)15-6-8-2-3-14-5-8/h8H,2-6H2,1H3,(H,12,16). The van der Waals surface area contributed by atoms with Gasteiger partial charge in [0.15, 0.2) is 3.95 Å². The molecule has 1 fully saturated rings. The van der Waals surface area contributed by atoms with Gasteiger partial charge in [-0.15, -0.1) is 11.3 Å². The molecule has 0 amide bonds. The predicted octanol–water partition coefficient (Wildman–Crippen LogP) is 2.24. The average molecular weight is 273 g/mol. The molecule has 1 aliphatic heterocycles. The maximum absolute atomic E-state index is 11.6. The van der Waals surface area contributed by atoms with E-state index >= 15 is 0 Å². The van der Waals surface area contributed by atoms with Crippen LogP contribution >= 0.6 is 23.6 Å². The molecule has 4 nitrogen and oxygen atoms in total. The normalized spacial score (nSPS) is 19.5. The lowest BCUT2D eigenvalue weighted by atomic mass is 10.1. The van der Waals surface area contributed by atoms with Gasteiger partial charge in [0.1, 0.15) is 0 Å². The van der Waals surface area contributed by atoms with Crippen LogP contribution in [0.3, 0.4) is 0 Å². The summed E-state index contributed by atoms with van der Waals surface area (Å²) in [4.78, 5) is 15.6. The number of ether oxygens (including phenoxy) is 2. The van der Waals surface area contributed by atoms with Crippen LogP contribution in [-0.2, 0) is 20.7 Å². The summed E-state index contributed by atoms with van der Waals surface area (Å²) in [5.41, 5.74) is 0.959. The van der Waals surface area contributed by atoms with Gasteiger partial charge in [0.05, 0.1) is 19.6 Å². The van der Waals surface area contributed by atoms with Crippen molar-refractivity contribution in [3.05, 3.63) is 14.5 Å². The summed E-state index contributed by atoms with van der Waals surface area (Å²) in [6, 6.07) is 0. The van der Waals surface area contributed by atoms with Gasteiger partial charge in [-0.3, -0.25) is 4.79 Å². The Balaban J connectivity index is 1.80. The molecule has 1 atom stereocenters. The minimum atomic E-state index is -0.190. The van der Waals surface area contributed by atoms with Crippen LogP contribution in [0, 0.1) is 16.8 Å². The average Bonchev–Trinajstić information content (AvgIpc) is 2.87. The summed E-state index contributed by atoms with van der Waals surface area (Å²) in [5, 5.41) is 0. The summed E-state index contributed by atoms with van der Waals surface area (Å²) >= 11 is 6.45. The predicted molar refractivity (Wildman–Crippen MR) is 67.8 cm³/mol. The molecule has 2 rings (SSSR count). The molecule has 1 aromatic rings. The topological polar surface area (TPSA) is 51.3 Å². The number of nitrogens with one attached hydrogen (secondary N) is 1. The number of thiazole rings is 1. The fourth-order valence-electron chi connectivity index (χ4n) is 1.71. The second-order valence-corrected chi connectivity index (χ2v) is 5.92. The van der Waals surface area contributed by atoms with E-state index in [1.807, 2.05) is 6.92 Å². The minimum absolute atomic E-state index is 0.190. The van der Waals surface area contributed by atoms with Crippen molar-refractivity contribution in [3.63, 3.8) is 0 Å². The van der Waals surface area contributed by atoms with Gasteiger partial charge < -0.3 is 14.5 Å². The number of esters is 1. The third kappa shape index (κ3) is 3.62. The summed E-state index contributed by atoms with van der Waals surface area (Å²) in [7, 11) is 0. The largest absolute Gasteiger partial charge is 0.465 e. The monoisotopic (exact) mass is 273 g/mol. The number of aryl methyl sites for hydroxylation is 1. The molecular formula is C11H15NO3S2. The highest BCUT2D eigenvalue weighted by Gasteiger charge is 2.18. The fourth-order valence-corrected chi connectivity index (χ4v) is 2.99. The van der Waals surface area contributed by atoms with Crippen LogP contribution in [0.25, 0.3) is 0 Å². The Morgan fingerprint density at radius 2 is 2.53 bits per heavy atom. The van der Waals surface area contributed by atoms with Gasteiger partial charge in [-0.05, 0) is 25.6 Å². The summed E-state index contributed by atoms with van der Waals surface area (Å²) in [6.45, 7) is 3.86. The number of hydrogen-bond donors (Lipinski definition) is 1. The van der Waals surface area contributed by atoms with E-state index in [9.17, 15) is 4.79 Å². The lowest BCUT2D eigenvalue weighted by Crippen LogP contribution is -2.15. The van der Waals surface area contributed by atoms with E-state index in [2.05, 4.69) is 4.98 Å². The van der Waals surface area contributed by atoms with Gasteiger partial charge in [-0.25, -0.2) is 0 Å². The van der Waals surface area contributed by atoms with Crippen LogP contribution in [0.15, 0.2) is 0 Å². The highest BCUT2D eigenvalue weighted by molar-refractivity contribution is 7.73. The summed E-state index contributed by atoms with van der Waals surface area (Å²) < 4.78 is 11.2. The van der Waals surface area contributed by atoms with Crippen molar-refractivity contribution in [1.29, 1.82) is 0 Å². The molecule has 17 heavy (non-hydrogen) atoms. The van der Waals surface area contributed by atoms with Crippen LogP contribution in [0.4, 0.5) is 0 Å². The number of aromatic amines is 1. The van der Waals surface area contributed by atoms with Crippen molar-refractivity contribution >= 4 is 29.5 Å². The van der Waals surface area contributed by atoms with Crippen LogP contribution in [0.1, 0.15) is 17.0 Å². The van der Waals surface area contributed by atoms with Gasteiger partial charge in [0.2, 0.25) is 0 Å². The lowest BCUT2D eigenvalue weighted by molar-refractivity contribution is -0.144. The molecule has 1 unspecified atom stereocenters. The van der Waals surface area contributed by atoms with E-state index in [1.54, 1.807) is 0 Å². The third-order valence-electron chi connectivity index (χ3n) is 2.73. The molecule has 1 saturated heterocycles. The van der Waals surface area contributed by atoms with Gasteiger partial charge in [0.25, 0.3) is 0 Å². The van der Waals surface area contributed by atoms with Crippen LogP contribution in [0.2, 0.25) is 0 Å². The Kier molecular flexibility index (Phi) is 4.31. The molecule has 0 aromatic carbocycles. The molecule has 2 heterocycles. The number of rotatable bonds is 4. The smallest absolute Gasteiger partial charge is 0.311 e. The molecule has 1 aliphatic rings. The fraction of sp³-hybridized carbons (Fsp3) is 0.636. The Bertz CT molecular complexity index is 446.